The number of nitrogens with zero attached hydrogens (tertiary/aromatic N) is 5. The Bertz CT molecular complexity index is 1590. The summed E-state index contributed by atoms with van der Waals surface area (Å²) in [5, 5.41) is 4.20. The number of guanidine groups is 1. The second-order valence-corrected chi connectivity index (χ2v) is 14.0. The minimum atomic E-state index is -0.339. The number of ether oxygens (including phenoxy) is 1. The van der Waals surface area contributed by atoms with Crippen LogP contribution in [0.1, 0.15) is 52.0 Å². The van der Waals surface area contributed by atoms with Crippen LogP contribution in [0.5, 0.6) is 5.75 Å². The van der Waals surface area contributed by atoms with E-state index in [4.69, 9.17) is 9.73 Å². The van der Waals surface area contributed by atoms with Crippen LogP contribution in [0, 0.1) is 29.0 Å². The normalized spacial score (nSPS) is 25.3. The van der Waals surface area contributed by atoms with Crippen molar-refractivity contribution < 1.29 is 9.13 Å². The molecule has 4 fully saturated rings. The molecule has 2 bridgehead atoms. The molecule has 2 heterocycles. The average molecular weight is 603 g/mol. The van der Waals surface area contributed by atoms with Crippen molar-refractivity contribution in [3.8, 4) is 5.75 Å². The number of aryl methyl sites for hydroxylation is 2. The summed E-state index contributed by atoms with van der Waals surface area (Å²) in [4.78, 5) is 28.1. The van der Waals surface area contributed by atoms with E-state index in [2.05, 4.69) is 55.0 Å². The second kappa shape index (κ2) is 12.1. The van der Waals surface area contributed by atoms with Gasteiger partial charge in [0.2, 0.25) is 0 Å². The van der Waals surface area contributed by atoms with Crippen molar-refractivity contribution in [2.45, 2.75) is 71.5 Å². The topological polar surface area (TPSA) is 75.0 Å². The molecular formula is C35H47FN6O2. The van der Waals surface area contributed by atoms with Gasteiger partial charge in [-0.3, -0.25) is 9.36 Å². The van der Waals surface area contributed by atoms with Crippen molar-refractivity contribution in [1.82, 2.24) is 19.4 Å². The summed E-state index contributed by atoms with van der Waals surface area (Å²) in [6.07, 6.45) is 6.63. The zero-order valence-corrected chi connectivity index (χ0v) is 27.0. The number of aliphatic imine (C=N–C) groups is 1. The molecule has 1 N–H and O–H groups in total. The van der Waals surface area contributed by atoms with Gasteiger partial charge in [-0.15, -0.1) is 0 Å². The predicted octanol–water partition coefficient (Wildman–Crippen LogP) is 5.65. The monoisotopic (exact) mass is 602 g/mol. The smallest absolute Gasteiger partial charge is 0.261 e. The Hall–Kier alpha value is -3.46. The lowest BCUT2D eigenvalue weighted by atomic mass is 9.45. The number of halogens is 1. The van der Waals surface area contributed by atoms with Gasteiger partial charge in [0.1, 0.15) is 11.6 Å². The molecule has 4 atom stereocenters. The predicted molar refractivity (Wildman–Crippen MR) is 175 cm³/mol. The fraction of sp³-hybridized carbons (Fsp3) is 0.571. The Morgan fingerprint density at radius 3 is 2.59 bits per heavy atom. The maximum atomic E-state index is 14.5. The first-order chi connectivity index (χ1) is 21.0. The Balaban J connectivity index is 1.22. The number of fused-ring (bicyclic) bond motifs is 3. The number of hydrogen-bond acceptors (Lipinski definition) is 5. The van der Waals surface area contributed by atoms with E-state index >= 15 is 0 Å². The molecule has 3 aromatic rings. The molecule has 9 heteroatoms. The molecule has 1 saturated heterocycles. The van der Waals surface area contributed by atoms with Crippen LogP contribution in [0.25, 0.3) is 10.9 Å². The molecule has 7 rings (SSSR count). The quantitative estimate of drug-likeness (QED) is 0.278. The highest BCUT2D eigenvalue weighted by molar-refractivity contribution is 5.96. The Morgan fingerprint density at radius 2 is 1.93 bits per heavy atom. The van der Waals surface area contributed by atoms with Crippen LogP contribution >= 0.6 is 0 Å². The molecule has 8 nitrogen and oxygen atoms in total. The van der Waals surface area contributed by atoms with Gasteiger partial charge < -0.3 is 19.9 Å². The highest BCUT2D eigenvalue weighted by Gasteiger charge is 2.56. The van der Waals surface area contributed by atoms with Crippen molar-refractivity contribution in [3.05, 3.63) is 64.5 Å². The maximum Gasteiger partial charge on any atom is 0.261 e. The molecule has 0 radical (unpaired) electrons. The van der Waals surface area contributed by atoms with Gasteiger partial charge >= 0.3 is 0 Å². The first-order valence-corrected chi connectivity index (χ1v) is 16.1. The number of aromatic nitrogens is 2. The lowest BCUT2D eigenvalue weighted by molar-refractivity contribution is -0.108. The van der Waals surface area contributed by atoms with Crippen LogP contribution in [-0.4, -0.2) is 71.7 Å². The molecule has 4 unspecified atom stereocenters. The summed E-state index contributed by atoms with van der Waals surface area (Å²) < 4.78 is 21.1. The van der Waals surface area contributed by atoms with Gasteiger partial charge in [0, 0.05) is 37.4 Å². The third-order valence-electron chi connectivity index (χ3n) is 11.1. The van der Waals surface area contributed by atoms with E-state index < -0.39 is 0 Å². The maximum absolute atomic E-state index is 14.5. The first kappa shape index (κ1) is 30.6. The van der Waals surface area contributed by atoms with E-state index in [1.165, 1.54) is 19.6 Å². The summed E-state index contributed by atoms with van der Waals surface area (Å²) in [6, 6.07) is 11.4. The van der Waals surface area contributed by atoms with Gasteiger partial charge in [-0.1, -0.05) is 26.8 Å². The standard InChI is InChI=1S/C35H47FN6O2/c1-22-29-17-24(35(29,2)3)18-31(22)39-34(41-15-12-26(13-16-41)40(4)5)38-25-8-10-28-32(19-25)37-21-42(33(28)43)14-11-23-7-9-27(44-6)20-30(23)36/h7-10,19-22,24,26,29,31H,11-18H2,1-6H3,(H,38,39). The third-order valence-corrected chi connectivity index (χ3v) is 11.1. The SMILES string of the molecule is COc1ccc(CCn2cnc3cc(NC(=NC4CC5CC(C4C)C5(C)C)N4CCC(N(C)C)CC4)ccc3c2=O)c(F)c1. The zero-order valence-electron chi connectivity index (χ0n) is 27.0. The number of anilines is 1. The van der Waals surface area contributed by atoms with E-state index in [0.29, 0.717) is 58.6 Å². The molecule has 3 aliphatic carbocycles. The third kappa shape index (κ3) is 5.83. The van der Waals surface area contributed by atoms with Crippen molar-refractivity contribution in [3.63, 3.8) is 0 Å². The number of methoxy groups -OCH3 is 1. The molecule has 0 amide bonds. The van der Waals surface area contributed by atoms with Crippen LogP contribution in [0.4, 0.5) is 10.1 Å². The van der Waals surface area contributed by atoms with Crippen molar-refractivity contribution in [2.24, 2.45) is 28.2 Å². The lowest BCUT2D eigenvalue weighted by Gasteiger charge is -2.61. The van der Waals surface area contributed by atoms with E-state index in [1.807, 2.05) is 18.2 Å². The number of piperidine rings is 1. The van der Waals surface area contributed by atoms with Gasteiger partial charge in [-0.2, -0.15) is 0 Å². The fourth-order valence-corrected chi connectivity index (χ4v) is 7.86. The van der Waals surface area contributed by atoms with Crippen LogP contribution in [0.2, 0.25) is 0 Å². The van der Waals surface area contributed by atoms with Gasteiger partial charge in [0.05, 0.1) is 30.4 Å². The number of hydrogen-bond donors (Lipinski definition) is 1. The van der Waals surface area contributed by atoms with Gasteiger partial charge in [-0.05, 0) is 99.2 Å². The molecule has 2 aromatic carbocycles. The van der Waals surface area contributed by atoms with E-state index in [1.54, 1.807) is 23.0 Å². The van der Waals surface area contributed by atoms with Crippen molar-refractivity contribution in [2.75, 3.05) is 39.6 Å². The molecular weight excluding hydrogens is 555 g/mol. The van der Waals surface area contributed by atoms with Crippen LogP contribution in [-0.2, 0) is 13.0 Å². The molecule has 3 saturated carbocycles. The number of rotatable bonds is 7. The largest absolute Gasteiger partial charge is 0.497 e. The Kier molecular flexibility index (Phi) is 8.44. The van der Waals surface area contributed by atoms with Gasteiger partial charge in [0.25, 0.3) is 5.56 Å². The summed E-state index contributed by atoms with van der Waals surface area (Å²) in [5.41, 5.74) is 2.33. The molecule has 0 spiro atoms. The zero-order chi connectivity index (χ0) is 31.2. The minimum Gasteiger partial charge on any atom is -0.497 e. The number of likely N-dealkylation sites (tertiary alicyclic amines) is 1. The molecule has 4 aliphatic rings. The number of nitrogens with one attached hydrogen (secondary N) is 1. The first-order valence-electron chi connectivity index (χ1n) is 16.1. The van der Waals surface area contributed by atoms with Gasteiger partial charge in [0.15, 0.2) is 5.96 Å². The summed E-state index contributed by atoms with van der Waals surface area (Å²) in [6.45, 7) is 9.50. The van der Waals surface area contributed by atoms with Crippen LogP contribution in [0.15, 0.2) is 52.5 Å². The molecule has 1 aliphatic heterocycles. The Morgan fingerprint density at radius 1 is 1.16 bits per heavy atom. The second-order valence-electron chi connectivity index (χ2n) is 14.0. The lowest BCUT2D eigenvalue weighted by Crippen LogP contribution is -2.57. The van der Waals surface area contributed by atoms with Gasteiger partial charge in [-0.25, -0.2) is 14.4 Å². The van der Waals surface area contributed by atoms with Crippen molar-refractivity contribution in [1.29, 1.82) is 0 Å². The van der Waals surface area contributed by atoms with Crippen LogP contribution in [0.3, 0.4) is 0 Å². The van der Waals surface area contributed by atoms with E-state index in [-0.39, 0.29) is 11.4 Å². The highest BCUT2D eigenvalue weighted by Crippen LogP contribution is 2.61. The summed E-state index contributed by atoms with van der Waals surface area (Å²) in [7, 11) is 5.84. The summed E-state index contributed by atoms with van der Waals surface area (Å²) in [5.74, 6) is 3.09. The van der Waals surface area contributed by atoms with E-state index in [0.717, 1.165) is 55.8 Å². The van der Waals surface area contributed by atoms with Crippen molar-refractivity contribution >= 4 is 22.5 Å². The minimum absolute atomic E-state index is 0.131. The van der Waals surface area contributed by atoms with E-state index in [9.17, 15) is 9.18 Å². The molecule has 1 aromatic heterocycles. The highest BCUT2D eigenvalue weighted by atomic mass is 19.1. The summed E-state index contributed by atoms with van der Waals surface area (Å²) >= 11 is 0. The number of benzene rings is 2. The molecule has 236 valence electrons. The average Bonchev–Trinajstić information content (AvgIpc) is 3.01. The molecule has 44 heavy (non-hydrogen) atoms. The fourth-order valence-electron chi connectivity index (χ4n) is 7.86. The Labute approximate surface area is 260 Å². The van der Waals surface area contributed by atoms with Crippen LogP contribution < -0.4 is 15.6 Å².